The molecule has 0 unspecified atom stereocenters. The third-order valence-electron chi connectivity index (χ3n) is 4.70. The second-order valence-corrected chi connectivity index (χ2v) is 8.71. The second kappa shape index (κ2) is 6.57. The van der Waals surface area contributed by atoms with Gasteiger partial charge in [-0.3, -0.25) is 0 Å². The maximum Gasteiger partial charge on any atom is 0.165 e. The first kappa shape index (κ1) is 16.4. The number of benzene rings is 1. The molecule has 1 aromatic carbocycles. The normalized spacial score (nSPS) is 21.5. The number of hydrogen-bond donors (Lipinski definition) is 0. The molecule has 2 fully saturated rings. The van der Waals surface area contributed by atoms with Gasteiger partial charge in [-0.15, -0.1) is 0 Å². The molecule has 1 aromatic rings. The summed E-state index contributed by atoms with van der Waals surface area (Å²) >= 11 is 2.00. The number of nitrogens with zero attached hydrogens (tertiary/aromatic N) is 3. The number of rotatable bonds is 3. The van der Waals surface area contributed by atoms with E-state index in [1.54, 1.807) is 0 Å². The molecule has 0 radical (unpaired) electrons. The minimum Gasteiger partial charge on any atom is -0.350 e. The summed E-state index contributed by atoms with van der Waals surface area (Å²) in [4.78, 5) is 7.47. The Bertz CT molecular complexity index is 651. The van der Waals surface area contributed by atoms with Crippen LogP contribution >= 0.6 is 11.8 Å². The minimum atomic E-state index is 0.397. The number of nitriles is 1. The Morgan fingerprint density at radius 2 is 2.09 bits per heavy atom. The quantitative estimate of drug-likeness (QED) is 0.795. The molecular weight excluding hydrogens is 302 g/mol. The molecule has 0 aromatic heterocycles. The smallest absolute Gasteiger partial charge is 0.165 e. The SMILES string of the molecule is Cc1cc(C#N)ccc1N=C1SC2(CCCC2)CN1CC(C)C. The van der Waals surface area contributed by atoms with Crippen molar-refractivity contribution in [3.05, 3.63) is 29.3 Å². The first-order chi connectivity index (χ1) is 11.0. The number of amidine groups is 1. The highest BCUT2D eigenvalue weighted by Gasteiger charge is 2.44. The lowest BCUT2D eigenvalue weighted by atomic mass is 10.1. The fourth-order valence-corrected chi connectivity index (χ4v) is 5.13. The van der Waals surface area contributed by atoms with Gasteiger partial charge in [-0.05, 0) is 49.4 Å². The minimum absolute atomic E-state index is 0.397. The van der Waals surface area contributed by atoms with Crippen LogP contribution in [-0.2, 0) is 0 Å². The summed E-state index contributed by atoms with van der Waals surface area (Å²) in [6, 6.07) is 7.97. The molecule has 1 spiro atoms. The third kappa shape index (κ3) is 3.55. The maximum atomic E-state index is 9.02. The van der Waals surface area contributed by atoms with Crippen LogP contribution in [0.1, 0.15) is 50.7 Å². The topological polar surface area (TPSA) is 39.4 Å². The molecule has 1 heterocycles. The number of hydrogen-bond acceptors (Lipinski definition) is 3. The first-order valence-corrected chi connectivity index (χ1v) is 9.36. The van der Waals surface area contributed by atoms with E-state index in [2.05, 4.69) is 24.8 Å². The van der Waals surface area contributed by atoms with Crippen LogP contribution in [0.25, 0.3) is 0 Å². The van der Waals surface area contributed by atoms with Gasteiger partial charge in [0.15, 0.2) is 5.17 Å². The van der Waals surface area contributed by atoms with E-state index >= 15 is 0 Å². The van der Waals surface area contributed by atoms with Crippen LogP contribution in [0, 0.1) is 24.2 Å². The first-order valence-electron chi connectivity index (χ1n) is 8.55. The molecule has 0 atom stereocenters. The van der Waals surface area contributed by atoms with Crippen molar-refractivity contribution in [2.75, 3.05) is 13.1 Å². The number of aryl methyl sites for hydroxylation is 1. The molecular formula is C19H25N3S. The summed E-state index contributed by atoms with van der Waals surface area (Å²) in [5.74, 6) is 0.638. The van der Waals surface area contributed by atoms with Crippen molar-refractivity contribution in [2.45, 2.75) is 51.2 Å². The molecule has 0 N–H and O–H groups in total. The highest BCUT2D eigenvalue weighted by Crippen LogP contribution is 2.48. The zero-order valence-corrected chi connectivity index (χ0v) is 15.1. The summed E-state index contributed by atoms with van der Waals surface area (Å²) in [5, 5.41) is 10.2. The molecule has 3 rings (SSSR count). The molecule has 1 aliphatic heterocycles. The summed E-state index contributed by atoms with van der Waals surface area (Å²) in [6.07, 6.45) is 5.34. The largest absolute Gasteiger partial charge is 0.350 e. The predicted molar refractivity (Wildman–Crippen MR) is 98.2 cm³/mol. The standard InChI is InChI=1S/C19H25N3S/c1-14(2)12-22-13-19(8-4-5-9-19)23-18(22)21-17-7-6-16(11-20)10-15(17)3/h6-7,10,14H,4-5,8-9,12-13H2,1-3H3. The van der Waals surface area contributed by atoms with Crippen molar-refractivity contribution < 1.29 is 0 Å². The van der Waals surface area contributed by atoms with Crippen molar-refractivity contribution in [3.8, 4) is 6.07 Å². The zero-order valence-electron chi connectivity index (χ0n) is 14.3. The van der Waals surface area contributed by atoms with Crippen LogP contribution in [0.15, 0.2) is 23.2 Å². The summed E-state index contributed by atoms with van der Waals surface area (Å²) in [6.45, 7) is 8.80. The zero-order chi connectivity index (χ0) is 16.4. The van der Waals surface area contributed by atoms with E-state index in [0.29, 0.717) is 16.2 Å². The van der Waals surface area contributed by atoms with Gasteiger partial charge in [0.1, 0.15) is 0 Å². The molecule has 1 saturated carbocycles. The third-order valence-corrected chi connectivity index (χ3v) is 6.20. The van der Waals surface area contributed by atoms with E-state index in [0.717, 1.165) is 24.3 Å². The highest BCUT2D eigenvalue weighted by atomic mass is 32.2. The van der Waals surface area contributed by atoms with Crippen LogP contribution < -0.4 is 0 Å². The Kier molecular flexibility index (Phi) is 4.68. The second-order valence-electron chi connectivity index (χ2n) is 7.27. The van der Waals surface area contributed by atoms with E-state index in [1.807, 2.05) is 36.9 Å². The Morgan fingerprint density at radius 3 is 2.70 bits per heavy atom. The molecule has 0 bridgehead atoms. The lowest BCUT2D eigenvalue weighted by Gasteiger charge is -2.23. The van der Waals surface area contributed by atoms with E-state index < -0.39 is 0 Å². The van der Waals surface area contributed by atoms with Crippen LogP contribution in [0.3, 0.4) is 0 Å². The molecule has 1 aliphatic carbocycles. The molecule has 122 valence electrons. The van der Waals surface area contributed by atoms with Crippen LogP contribution in [0.5, 0.6) is 0 Å². The van der Waals surface area contributed by atoms with Gasteiger partial charge in [0.05, 0.1) is 17.3 Å². The average molecular weight is 327 g/mol. The van der Waals surface area contributed by atoms with Crippen LogP contribution in [-0.4, -0.2) is 27.9 Å². The van der Waals surface area contributed by atoms with Gasteiger partial charge in [-0.2, -0.15) is 5.26 Å². The highest BCUT2D eigenvalue weighted by molar-refractivity contribution is 8.15. The van der Waals surface area contributed by atoms with Crippen LogP contribution in [0.4, 0.5) is 5.69 Å². The van der Waals surface area contributed by atoms with Crippen molar-refractivity contribution >= 4 is 22.6 Å². The summed E-state index contributed by atoms with van der Waals surface area (Å²) < 4.78 is 0.397. The number of thioether (sulfide) groups is 1. The van der Waals surface area contributed by atoms with Gasteiger partial charge in [-0.1, -0.05) is 38.5 Å². The lowest BCUT2D eigenvalue weighted by molar-refractivity contribution is 0.346. The van der Waals surface area contributed by atoms with Crippen molar-refractivity contribution in [3.63, 3.8) is 0 Å². The van der Waals surface area contributed by atoms with Gasteiger partial charge in [-0.25, -0.2) is 4.99 Å². The van der Waals surface area contributed by atoms with E-state index in [-0.39, 0.29) is 0 Å². The van der Waals surface area contributed by atoms with Gasteiger partial charge < -0.3 is 4.90 Å². The van der Waals surface area contributed by atoms with E-state index in [1.165, 1.54) is 30.9 Å². The Labute approximate surface area is 143 Å². The molecule has 23 heavy (non-hydrogen) atoms. The Balaban J connectivity index is 1.90. The molecule has 2 aliphatic rings. The Morgan fingerprint density at radius 1 is 1.35 bits per heavy atom. The van der Waals surface area contributed by atoms with Crippen LogP contribution in [0.2, 0.25) is 0 Å². The molecule has 0 amide bonds. The van der Waals surface area contributed by atoms with Gasteiger partial charge in [0.2, 0.25) is 0 Å². The fraction of sp³-hybridized carbons (Fsp3) is 0.579. The fourth-order valence-electron chi connectivity index (χ4n) is 3.62. The van der Waals surface area contributed by atoms with Crippen molar-refractivity contribution in [1.82, 2.24) is 4.90 Å². The van der Waals surface area contributed by atoms with Crippen molar-refractivity contribution in [1.29, 1.82) is 5.26 Å². The monoisotopic (exact) mass is 327 g/mol. The van der Waals surface area contributed by atoms with Gasteiger partial charge in [0.25, 0.3) is 0 Å². The van der Waals surface area contributed by atoms with E-state index in [9.17, 15) is 0 Å². The molecule has 1 saturated heterocycles. The maximum absolute atomic E-state index is 9.02. The summed E-state index contributed by atoms with van der Waals surface area (Å²) in [7, 11) is 0. The Hall–Kier alpha value is -1.47. The predicted octanol–water partition coefficient (Wildman–Crippen LogP) is 4.87. The van der Waals surface area contributed by atoms with Gasteiger partial charge in [0, 0.05) is 17.8 Å². The number of aliphatic imine (C=N–C) groups is 1. The van der Waals surface area contributed by atoms with E-state index in [4.69, 9.17) is 10.3 Å². The lowest BCUT2D eigenvalue weighted by Crippen LogP contribution is -2.33. The molecule has 3 nitrogen and oxygen atoms in total. The summed E-state index contributed by atoms with van der Waals surface area (Å²) in [5.41, 5.74) is 2.78. The average Bonchev–Trinajstić information content (AvgIpc) is 3.08. The van der Waals surface area contributed by atoms with Gasteiger partial charge >= 0.3 is 0 Å². The molecule has 4 heteroatoms. The van der Waals surface area contributed by atoms with Crippen molar-refractivity contribution in [2.24, 2.45) is 10.9 Å².